The van der Waals surface area contributed by atoms with Gasteiger partial charge in [-0.25, -0.2) is 0 Å². The minimum atomic E-state index is 0.172. The van der Waals surface area contributed by atoms with Crippen molar-refractivity contribution in [3.8, 4) is 11.5 Å². The van der Waals surface area contributed by atoms with Gasteiger partial charge in [0, 0.05) is 26.1 Å². The Kier molecular flexibility index (Phi) is 4.29. The van der Waals surface area contributed by atoms with Crippen LogP contribution in [0.2, 0.25) is 0 Å². The van der Waals surface area contributed by atoms with E-state index in [2.05, 4.69) is 0 Å². The molecule has 3 rings (SSSR count). The van der Waals surface area contributed by atoms with Crippen LogP contribution in [0.1, 0.15) is 24.8 Å². The first kappa shape index (κ1) is 14.2. The lowest BCUT2D eigenvalue weighted by Crippen LogP contribution is -2.41. The second kappa shape index (κ2) is 6.35. The Balaban J connectivity index is 1.53. The van der Waals surface area contributed by atoms with Gasteiger partial charge in [0.25, 0.3) is 0 Å². The third-order valence-electron chi connectivity index (χ3n) is 4.19. The van der Waals surface area contributed by atoms with E-state index in [-0.39, 0.29) is 25.2 Å². The van der Waals surface area contributed by atoms with Crippen LogP contribution in [0.15, 0.2) is 18.2 Å². The highest BCUT2D eigenvalue weighted by Gasteiger charge is 2.23. The van der Waals surface area contributed by atoms with Gasteiger partial charge in [-0.15, -0.1) is 0 Å². The van der Waals surface area contributed by atoms with Crippen molar-refractivity contribution >= 4 is 5.91 Å². The fourth-order valence-electron chi connectivity index (χ4n) is 2.95. The summed E-state index contributed by atoms with van der Waals surface area (Å²) < 4.78 is 10.6. The number of carbonyl (C=O) groups is 1. The molecule has 1 amide bonds. The van der Waals surface area contributed by atoms with Crippen LogP contribution in [0.3, 0.4) is 0 Å². The van der Waals surface area contributed by atoms with Crippen LogP contribution in [0.5, 0.6) is 11.5 Å². The molecule has 2 aliphatic heterocycles. The van der Waals surface area contributed by atoms with E-state index >= 15 is 0 Å². The molecule has 0 aromatic heterocycles. The van der Waals surface area contributed by atoms with Gasteiger partial charge in [0.05, 0.1) is 0 Å². The quantitative estimate of drug-likeness (QED) is 0.915. The molecule has 1 N–H and O–H groups in total. The Morgan fingerprint density at radius 2 is 2.19 bits per heavy atom. The van der Waals surface area contributed by atoms with E-state index in [9.17, 15) is 9.90 Å². The smallest absolute Gasteiger partial charge is 0.231 e. The van der Waals surface area contributed by atoms with Gasteiger partial charge in [-0.1, -0.05) is 6.07 Å². The fraction of sp³-hybridized carbons (Fsp3) is 0.562. The average molecular weight is 291 g/mol. The van der Waals surface area contributed by atoms with E-state index in [0.29, 0.717) is 19.4 Å². The van der Waals surface area contributed by atoms with Crippen molar-refractivity contribution in [2.24, 2.45) is 5.92 Å². The summed E-state index contributed by atoms with van der Waals surface area (Å²) in [5.74, 6) is 1.95. The fourth-order valence-corrected chi connectivity index (χ4v) is 2.95. The number of benzene rings is 1. The molecule has 1 saturated heterocycles. The monoisotopic (exact) mass is 291 g/mol. The van der Waals surface area contributed by atoms with Gasteiger partial charge in [-0.05, 0) is 42.9 Å². The van der Waals surface area contributed by atoms with Gasteiger partial charge in [-0.2, -0.15) is 0 Å². The molecule has 1 aromatic rings. The van der Waals surface area contributed by atoms with Crippen LogP contribution in [0.25, 0.3) is 0 Å². The Morgan fingerprint density at radius 3 is 3.05 bits per heavy atom. The van der Waals surface area contributed by atoms with Crippen LogP contribution >= 0.6 is 0 Å². The molecule has 21 heavy (non-hydrogen) atoms. The number of rotatable bonds is 4. The summed E-state index contributed by atoms with van der Waals surface area (Å²) in [6, 6.07) is 5.82. The second-order valence-corrected chi connectivity index (χ2v) is 5.72. The number of aryl methyl sites for hydroxylation is 1. The molecule has 114 valence electrons. The minimum Gasteiger partial charge on any atom is -0.454 e. The largest absolute Gasteiger partial charge is 0.454 e. The number of amides is 1. The molecule has 2 heterocycles. The van der Waals surface area contributed by atoms with Crippen molar-refractivity contribution in [2.75, 3.05) is 26.5 Å². The summed E-state index contributed by atoms with van der Waals surface area (Å²) in [6.45, 7) is 1.95. The Bertz CT molecular complexity index is 517. The summed E-state index contributed by atoms with van der Waals surface area (Å²) in [7, 11) is 0. The molecule has 1 fully saturated rings. The van der Waals surface area contributed by atoms with E-state index < -0.39 is 0 Å². The maximum Gasteiger partial charge on any atom is 0.231 e. The van der Waals surface area contributed by atoms with Crippen LogP contribution < -0.4 is 9.47 Å². The molecule has 5 nitrogen and oxygen atoms in total. The number of piperidine rings is 1. The lowest BCUT2D eigenvalue weighted by atomic mass is 9.98. The maximum atomic E-state index is 12.3. The van der Waals surface area contributed by atoms with Gasteiger partial charge in [0.2, 0.25) is 12.7 Å². The molecule has 1 atom stereocenters. The second-order valence-electron chi connectivity index (χ2n) is 5.72. The van der Waals surface area contributed by atoms with Crippen LogP contribution in [-0.4, -0.2) is 42.4 Å². The molecule has 1 unspecified atom stereocenters. The molecular formula is C16H21NO4. The predicted octanol–water partition coefficient (Wildman–Crippen LogP) is 1.58. The highest BCUT2D eigenvalue weighted by molar-refractivity contribution is 5.76. The molecule has 5 heteroatoms. The normalized spacial score (nSPS) is 20.6. The van der Waals surface area contributed by atoms with Gasteiger partial charge in [0.1, 0.15) is 0 Å². The van der Waals surface area contributed by atoms with Crippen molar-refractivity contribution < 1.29 is 19.4 Å². The predicted molar refractivity (Wildman–Crippen MR) is 77.3 cm³/mol. The Hall–Kier alpha value is -1.75. The lowest BCUT2D eigenvalue weighted by molar-refractivity contribution is -0.133. The number of likely N-dealkylation sites (tertiary alicyclic amines) is 1. The van der Waals surface area contributed by atoms with Gasteiger partial charge in [-0.3, -0.25) is 4.79 Å². The van der Waals surface area contributed by atoms with Crippen molar-refractivity contribution in [3.63, 3.8) is 0 Å². The molecule has 0 radical (unpaired) electrons. The number of aliphatic hydroxyl groups excluding tert-OH is 1. The van der Waals surface area contributed by atoms with Crippen LogP contribution in [0, 0.1) is 5.92 Å². The number of nitrogens with zero attached hydrogens (tertiary/aromatic N) is 1. The standard InChI is InChI=1S/C16H21NO4/c18-10-13-2-1-7-17(9-13)16(19)6-4-12-3-5-14-15(8-12)21-11-20-14/h3,5,8,13,18H,1-2,4,6-7,9-11H2. The van der Waals surface area contributed by atoms with Crippen LogP contribution in [-0.2, 0) is 11.2 Å². The van der Waals surface area contributed by atoms with Gasteiger partial charge < -0.3 is 19.5 Å². The number of ether oxygens (including phenoxy) is 2. The third kappa shape index (κ3) is 3.29. The summed E-state index contributed by atoms with van der Waals surface area (Å²) in [5.41, 5.74) is 1.09. The van der Waals surface area contributed by atoms with Crippen LogP contribution in [0.4, 0.5) is 0 Å². The first-order chi connectivity index (χ1) is 10.3. The first-order valence-corrected chi connectivity index (χ1v) is 7.53. The molecule has 0 spiro atoms. The maximum absolute atomic E-state index is 12.3. The van der Waals surface area contributed by atoms with E-state index in [4.69, 9.17) is 9.47 Å². The van der Waals surface area contributed by atoms with Crippen molar-refractivity contribution in [1.82, 2.24) is 4.90 Å². The van der Waals surface area contributed by atoms with Gasteiger partial charge >= 0.3 is 0 Å². The molecular weight excluding hydrogens is 270 g/mol. The van der Waals surface area contributed by atoms with Crippen molar-refractivity contribution in [1.29, 1.82) is 0 Å². The van der Waals surface area contributed by atoms with E-state index in [0.717, 1.165) is 36.4 Å². The molecule has 1 aromatic carbocycles. The summed E-state index contributed by atoms with van der Waals surface area (Å²) in [5, 5.41) is 9.22. The minimum absolute atomic E-state index is 0.172. The zero-order chi connectivity index (χ0) is 14.7. The topological polar surface area (TPSA) is 59.0 Å². The van der Waals surface area contributed by atoms with Crippen molar-refractivity contribution in [3.05, 3.63) is 23.8 Å². The molecule has 0 aliphatic carbocycles. The average Bonchev–Trinajstić information content (AvgIpc) is 3.00. The Morgan fingerprint density at radius 1 is 1.33 bits per heavy atom. The van der Waals surface area contributed by atoms with E-state index in [1.54, 1.807) is 0 Å². The number of aliphatic hydroxyl groups is 1. The third-order valence-corrected chi connectivity index (χ3v) is 4.19. The van der Waals surface area contributed by atoms with E-state index in [1.165, 1.54) is 0 Å². The number of carbonyl (C=O) groups excluding carboxylic acids is 1. The van der Waals surface area contributed by atoms with Gasteiger partial charge in [0.15, 0.2) is 11.5 Å². The summed E-state index contributed by atoms with van der Waals surface area (Å²) >= 11 is 0. The molecule has 0 saturated carbocycles. The summed E-state index contributed by atoms with van der Waals surface area (Å²) in [6.07, 6.45) is 3.21. The summed E-state index contributed by atoms with van der Waals surface area (Å²) in [4.78, 5) is 14.1. The van der Waals surface area contributed by atoms with Crippen molar-refractivity contribution in [2.45, 2.75) is 25.7 Å². The first-order valence-electron chi connectivity index (χ1n) is 7.53. The lowest BCUT2D eigenvalue weighted by Gasteiger charge is -2.32. The molecule has 2 aliphatic rings. The Labute approximate surface area is 124 Å². The number of hydrogen-bond acceptors (Lipinski definition) is 4. The SMILES string of the molecule is O=C(CCc1ccc2c(c1)OCO2)N1CCCC(CO)C1. The highest BCUT2D eigenvalue weighted by atomic mass is 16.7. The highest BCUT2D eigenvalue weighted by Crippen LogP contribution is 2.32. The number of hydrogen-bond donors (Lipinski definition) is 1. The zero-order valence-electron chi connectivity index (χ0n) is 12.1. The number of fused-ring (bicyclic) bond motifs is 1. The zero-order valence-corrected chi connectivity index (χ0v) is 12.1. The molecule has 0 bridgehead atoms. The van der Waals surface area contributed by atoms with E-state index in [1.807, 2.05) is 23.1 Å².